The molecule has 0 bridgehead atoms. The van der Waals surface area contributed by atoms with Crippen molar-refractivity contribution in [3.63, 3.8) is 0 Å². The number of anilines is 1. The summed E-state index contributed by atoms with van der Waals surface area (Å²) in [6.07, 6.45) is 3.27. The van der Waals surface area contributed by atoms with Crippen molar-refractivity contribution in [2.75, 3.05) is 12.1 Å². The molecule has 0 spiro atoms. The molecule has 1 aliphatic heterocycles. The number of carbonyl (C=O) groups excluding carboxylic acids is 1. The van der Waals surface area contributed by atoms with Gasteiger partial charge in [-0.25, -0.2) is 4.98 Å². The van der Waals surface area contributed by atoms with Crippen LogP contribution >= 0.6 is 11.3 Å². The number of nitrogens with one attached hydrogen (secondary N) is 1. The molecule has 7 nitrogen and oxygen atoms in total. The van der Waals surface area contributed by atoms with E-state index in [4.69, 9.17) is 9.47 Å². The first-order valence-electron chi connectivity index (χ1n) is 8.97. The summed E-state index contributed by atoms with van der Waals surface area (Å²) in [4.78, 5) is 17.0. The molecule has 4 aromatic rings. The maximum absolute atomic E-state index is 12.4. The highest BCUT2D eigenvalue weighted by Crippen LogP contribution is 2.38. The van der Waals surface area contributed by atoms with Gasteiger partial charge in [0, 0.05) is 24.3 Å². The van der Waals surface area contributed by atoms with Crippen LogP contribution in [0.3, 0.4) is 0 Å². The Morgan fingerprint density at radius 2 is 1.97 bits per heavy atom. The molecule has 2 aromatic carbocycles. The third-order valence-corrected chi connectivity index (χ3v) is 5.36. The Morgan fingerprint density at radius 3 is 2.79 bits per heavy atom. The van der Waals surface area contributed by atoms with Gasteiger partial charge in [0.25, 0.3) is 0 Å². The maximum atomic E-state index is 12.4. The van der Waals surface area contributed by atoms with Gasteiger partial charge in [0.2, 0.25) is 17.8 Å². The number of aromatic nitrogens is 3. The number of hydrogen-bond donors (Lipinski definition) is 1. The number of nitrogens with zero attached hydrogens (tertiary/aromatic N) is 3. The fourth-order valence-electron chi connectivity index (χ4n) is 3.03. The van der Waals surface area contributed by atoms with Crippen molar-refractivity contribution < 1.29 is 14.3 Å². The Hall–Kier alpha value is -3.65. The van der Waals surface area contributed by atoms with Crippen LogP contribution in [0.1, 0.15) is 11.3 Å². The summed E-state index contributed by atoms with van der Waals surface area (Å²) in [6, 6.07) is 15.2. The van der Waals surface area contributed by atoms with E-state index in [1.807, 2.05) is 55.5 Å². The highest BCUT2D eigenvalue weighted by atomic mass is 32.1. The van der Waals surface area contributed by atoms with E-state index in [9.17, 15) is 4.79 Å². The van der Waals surface area contributed by atoms with Gasteiger partial charge >= 0.3 is 0 Å². The Morgan fingerprint density at radius 1 is 1.17 bits per heavy atom. The normalized spacial score (nSPS) is 12.7. The lowest BCUT2D eigenvalue weighted by molar-refractivity contribution is -0.111. The minimum atomic E-state index is -0.239. The van der Waals surface area contributed by atoms with E-state index >= 15 is 0 Å². The molecular weight excluding hydrogens is 388 g/mol. The standard InChI is InChI=1S/C21H16N4O3S/c1-13-9-19(23-20(26)8-7-14-5-3-2-4-6-14)25(24-13)21-22-15-10-16-17(28-12-27-16)11-18(15)29-21/h2-11H,12H2,1H3,(H,23,26)/b8-7+. The molecule has 0 saturated heterocycles. The highest BCUT2D eigenvalue weighted by Gasteiger charge is 2.19. The number of rotatable bonds is 4. The SMILES string of the molecule is Cc1cc(NC(=O)/C=C/c2ccccc2)n(-c2nc3cc4c(cc3s2)OCO4)n1. The Balaban J connectivity index is 1.43. The van der Waals surface area contributed by atoms with Gasteiger partial charge in [-0.3, -0.25) is 4.79 Å². The predicted molar refractivity (Wildman–Crippen MR) is 112 cm³/mol. The van der Waals surface area contributed by atoms with E-state index in [0.29, 0.717) is 22.4 Å². The van der Waals surface area contributed by atoms with Crippen molar-refractivity contribution in [2.45, 2.75) is 6.92 Å². The first-order valence-corrected chi connectivity index (χ1v) is 9.79. The number of amides is 1. The van der Waals surface area contributed by atoms with Gasteiger partial charge in [-0.05, 0) is 18.6 Å². The van der Waals surface area contributed by atoms with E-state index < -0.39 is 0 Å². The van der Waals surface area contributed by atoms with Gasteiger partial charge in [0.05, 0.1) is 15.9 Å². The molecule has 0 atom stereocenters. The molecule has 144 valence electrons. The van der Waals surface area contributed by atoms with Crippen LogP contribution in [-0.2, 0) is 4.79 Å². The lowest BCUT2D eigenvalue weighted by atomic mass is 10.2. The van der Waals surface area contributed by atoms with E-state index in [1.54, 1.807) is 10.8 Å². The second-order valence-corrected chi connectivity index (χ2v) is 7.49. The Bertz CT molecular complexity index is 1200. The first kappa shape index (κ1) is 17.4. The van der Waals surface area contributed by atoms with Crippen LogP contribution in [0.4, 0.5) is 5.82 Å². The smallest absolute Gasteiger partial charge is 0.249 e. The fourth-order valence-corrected chi connectivity index (χ4v) is 3.98. The summed E-state index contributed by atoms with van der Waals surface area (Å²) in [7, 11) is 0. The van der Waals surface area contributed by atoms with Crippen molar-refractivity contribution in [3.05, 3.63) is 65.9 Å². The van der Waals surface area contributed by atoms with Crippen LogP contribution in [0.15, 0.2) is 54.6 Å². The number of hydrogen-bond acceptors (Lipinski definition) is 6. The first-order chi connectivity index (χ1) is 14.2. The van der Waals surface area contributed by atoms with Crippen LogP contribution in [0.5, 0.6) is 11.5 Å². The summed E-state index contributed by atoms with van der Waals surface area (Å²) >= 11 is 1.47. The molecule has 0 unspecified atom stereocenters. The van der Waals surface area contributed by atoms with Crippen molar-refractivity contribution in [1.29, 1.82) is 0 Å². The largest absolute Gasteiger partial charge is 0.454 e. The summed E-state index contributed by atoms with van der Waals surface area (Å²) < 4.78 is 13.5. The quantitative estimate of drug-likeness (QED) is 0.517. The van der Waals surface area contributed by atoms with Crippen molar-refractivity contribution in [3.8, 4) is 16.6 Å². The van der Waals surface area contributed by atoms with Crippen molar-refractivity contribution in [1.82, 2.24) is 14.8 Å². The second-order valence-electron chi connectivity index (χ2n) is 6.49. The average molecular weight is 404 g/mol. The lowest BCUT2D eigenvalue weighted by Crippen LogP contribution is -2.12. The summed E-state index contributed by atoms with van der Waals surface area (Å²) in [6.45, 7) is 2.10. The molecule has 5 rings (SSSR count). The monoisotopic (exact) mass is 404 g/mol. The maximum Gasteiger partial charge on any atom is 0.249 e. The van der Waals surface area contributed by atoms with Crippen molar-refractivity contribution >= 4 is 39.4 Å². The van der Waals surface area contributed by atoms with Gasteiger partial charge in [-0.1, -0.05) is 41.7 Å². The van der Waals surface area contributed by atoms with Gasteiger partial charge in [0.1, 0.15) is 5.82 Å². The predicted octanol–water partition coefficient (Wildman–Crippen LogP) is 4.17. The zero-order valence-corrected chi connectivity index (χ0v) is 16.3. The molecule has 1 N–H and O–H groups in total. The molecule has 1 amide bonds. The number of benzene rings is 2. The summed E-state index contributed by atoms with van der Waals surface area (Å²) in [5.41, 5.74) is 2.53. The van der Waals surface area contributed by atoms with E-state index in [1.165, 1.54) is 17.4 Å². The molecular formula is C21H16N4O3S. The van der Waals surface area contributed by atoms with Crippen LogP contribution in [0.2, 0.25) is 0 Å². The number of thiazole rings is 1. The number of carbonyl (C=O) groups is 1. The van der Waals surface area contributed by atoms with Crippen LogP contribution < -0.4 is 14.8 Å². The van der Waals surface area contributed by atoms with Crippen LogP contribution in [0.25, 0.3) is 21.4 Å². The number of ether oxygens (including phenoxy) is 2. The summed E-state index contributed by atoms with van der Waals surface area (Å²) in [5, 5.41) is 8.02. The van der Waals surface area contributed by atoms with Crippen molar-refractivity contribution in [2.24, 2.45) is 0 Å². The van der Waals surface area contributed by atoms with Gasteiger partial charge < -0.3 is 14.8 Å². The Labute approximate surface area is 170 Å². The molecule has 0 radical (unpaired) electrons. The van der Waals surface area contributed by atoms with E-state index in [-0.39, 0.29) is 12.7 Å². The number of aryl methyl sites for hydroxylation is 1. The second kappa shape index (κ2) is 7.06. The third kappa shape index (κ3) is 3.45. The number of fused-ring (bicyclic) bond motifs is 2. The van der Waals surface area contributed by atoms with Crippen LogP contribution in [-0.4, -0.2) is 27.5 Å². The topological polar surface area (TPSA) is 78.3 Å². The zero-order valence-electron chi connectivity index (χ0n) is 15.5. The van der Waals surface area contributed by atoms with Crippen LogP contribution in [0, 0.1) is 6.92 Å². The lowest BCUT2D eigenvalue weighted by Gasteiger charge is -2.04. The fraction of sp³-hybridized carbons (Fsp3) is 0.0952. The zero-order chi connectivity index (χ0) is 19.8. The molecule has 0 saturated carbocycles. The minimum Gasteiger partial charge on any atom is -0.454 e. The van der Waals surface area contributed by atoms with Gasteiger partial charge in [0.15, 0.2) is 11.5 Å². The molecule has 0 fully saturated rings. The molecule has 0 aliphatic carbocycles. The Kier molecular flexibility index (Phi) is 4.25. The molecule has 1 aliphatic rings. The third-order valence-electron chi connectivity index (χ3n) is 4.36. The minimum absolute atomic E-state index is 0.227. The van der Waals surface area contributed by atoms with Gasteiger partial charge in [-0.15, -0.1) is 0 Å². The highest BCUT2D eigenvalue weighted by molar-refractivity contribution is 7.20. The molecule has 29 heavy (non-hydrogen) atoms. The van der Waals surface area contributed by atoms with E-state index in [2.05, 4.69) is 15.4 Å². The average Bonchev–Trinajstić information content (AvgIpc) is 3.42. The van der Waals surface area contributed by atoms with E-state index in [0.717, 1.165) is 21.5 Å². The molecule has 3 heterocycles. The van der Waals surface area contributed by atoms with Gasteiger partial charge in [-0.2, -0.15) is 9.78 Å². The summed E-state index contributed by atoms with van der Waals surface area (Å²) in [5.74, 6) is 1.72. The molecule has 2 aromatic heterocycles. The molecule has 8 heteroatoms.